The van der Waals surface area contributed by atoms with E-state index in [0.29, 0.717) is 15.7 Å². The van der Waals surface area contributed by atoms with Crippen LogP contribution in [0.2, 0.25) is 10.0 Å². The Morgan fingerprint density at radius 3 is 2.40 bits per heavy atom. The summed E-state index contributed by atoms with van der Waals surface area (Å²) in [5.74, 6) is 0. The Hall–Kier alpha value is -1.53. The molecule has 0 saturated heterocycles. The summed E-state index contributed by atoms with van der Waals surface area (Å²) in [5, 5.41) is 11.6. The van der Waals surface area contributed by atoms with Gasteiger partial charge in [0.05, 0.1) is 0 Å². The van der Waals surface area contributed by atoms with Crippen LogP contribution in [0.5, 0.6) is 0 Å². The lowest BCUT2D eigenvalue weighted by Gasteiger charge is -2.01. The molecule has 0 saturated carbocycles. The minimum absolute atomic E-state index is 0.389. The summed E-state index contributed by atoms with van der Waals surface area (Å²) in [4.78, 5) is 11.0. The van der Waals surface area contributed by atoms with Crippen LogP contribution in [0.15, 0.2) is 33.8 Å². The Morgan fingerprint density at radius 2 is 1.87 bits per heavy atom. The molecule has 1 aromatic carbocycles. The van der Waals surface area contributed by atoms with Gasteiger partial charge < -0.3 is 5.32 Å². The number of halogens is 2. The maximum Gasteiger partial charge on any atom is 0.365 e. The molecule has 0 aromatic heterocycles. The maximum atomic E-state index is 11.0. The van der Waals surface area contributed by atoms with Gasteiger partial charge in [-0.15, -0.1) is 0 Å². The summed E-state index contributed by atoms with van der Waals surface area (Å²) in [6.45, 7) is 0. The lowest BCUT2D eigenvalue weighted by Crippen LogP contribution is -2.05. The van der Waals surface area contributed by atoms with Gasteiger partial charge >= 0.3 is 6.03 Å². The lowest BCUT2D eigenvalue weighted by atomic mass is 10.3. The molecule has 0 bridgehead atoms. The Bertz CT molecular complexity index is 400. The third-order valence-corrected chi connectivity index (χ3v) is 1.73. The molecule has 0 fully saturated rings. The van der Waals surface area contributed by atoms with Gasteiger partial charge in [-0.1, -0.05) is 28.3 Å². The van der Waals surface area contributed by atoms with Crippen LogP contribution in [0.3, 0.4) is 0 Å². The molecule has 0 spiro atoms. The standard InChI is InChI=1S/C7H5Cl2N5O/c8-4-1-5(9)3-6(2-4)11-7(15)12-14-13-10/h1-3,10H,(H,11,15). The molecule has 15 heavy (non-hydrogen) atoms. The SMILES string of the molecule is N=NN=NC(=O)Nc1cc(Cl)cc(Cl)c1. The van der Waals surface area contributed by atoms with E-state index in [0.717, 1.165) is 0 Å². The molecule has 0 heterocycles. The lowest BCUT2D eigenvalue weighted by molar-refractivity contribution is 0.258. The second-order valence-electron chi connectivity index (χ2n) is 2.38. The first-order valence-electron chi connectivity index (χ1n) is 3.66. The van der Waals surface area contributed by atoms with Gasteiger partial charge in [-0.25, -0.2) is 4.79 Å². The smallest absolute Gasteiger partial charge is 0.305 e. The summed E-state index contributed by atoms with van der Waals surface area (Å²) in [6.07, 6.45) is 0. The van der Waals surface area contributed by atoms with Crippen LogP contribution >= 0.6 is 23.2 Å². The number of anilines is 1. The number of urea groups is 1. The molecule has 0 aliphatic rings. The Kier molecular flexibility index (Phi) is 4.14. The van der Waals surface area contributed by atoms with Gasteiger partial charge in [-0.05, 0) is 28.6 Å². The van der Waals surface area contributed by atoms with Crippen molar-refractivity contribution in [2.45, 2.75) is 0 Å². The van der Waals surface area contributed by atoms with Crippen molar-refractivity contribution in [2.24, 2.45) is 15.6 Å². The van der Waals surface area contributed by atoms with Crippen molar-refractivity contribution < 1.29 is 4.79 Å². The first-order valence-corrected chi connectivity index (χ1v) is 4.42. The van der Waals surface area contributed by atoms with E-state index in [2.05, 4.69) is 20.9 Å². The zero-order valence-electron chi connectivity index (χ0n) is 7.24. The van der Waals surface area contributed by atoms with Crippen LogP contribution in [0, 0.1) is 5.53 Å². The number of nitrogens with one attached hydrogen (secondary N) is 2. The van der Waals surface area contributed by atoms with Crippen molar-refractivity contribution in [3.05, 3.63) is 28.2 Å². The number of amides is 2. The zero-order valence-corrected chi connectivity index (χ0v) is 8.75. The molecule has 0 radical (unpaired) electrons. The van der Waals surface area contributed by atoms with Gasteiger partial charge in [-0.3, -0.25) is 0 Å². The summed E-state index contributed by atoms with van der Waals surface area (Å²) in [5.41, 5.74) is 6.68. The van der Waals surface area contributed by atoms with E-state index in [9.17, 15) is 4.79 Å². The molecule has 1 aromatic rings. The highest BCUT2D eigenvalue weighted by molar-refractivity contribution is 6.35. The molecule has 6 nitrogen and oxygen atoms in total. The molecule has 0 aliphatic heterocycles. The van der Waals surface area contributed by atoms with Crippen LogP contribution in [0.4, 0.5) is 10.5 Å². The van der Waals surface area contributed by atoms with Crippen molar-refractivity contribution in [2.75, 3.05) is 5.32 Å². The van der Waals surface area contributed by atoms with Crippen LogP contribution in [0.1, 0.15) is 0 Å². The van der Waals surface area contributed by atoms with Gasteiger partial charge in [0.1, 0.15) is 0 Å². The average molecular weight is 246 g/mol. The fourth-order valence-electron chi connectivity index (χ4n) is 0.837. The number of hydrogen-bond acceptors (Lipinski definition) is 2. The summed E-state index contributed by atoms with van der Waals surface area (Å²) < 4.78 is 0. The number of carbonyl (C=O) groups is 1. The van der Waals surface area contributed by atoms with Crippen LogP contribution in [-0.4, -0.2) is 6.03 Å². The number of hydrogen-bond donors (Lipinski definition) is 2. The minimum Gasteiger partial charge on any atom is -0.305 e. The summed E-state index contributed by atoms with van der Waals surface area (Å²) >= 11 is 11.4. The van der Waals surface area contributed by atoms with Crippen molar-refractivity contribution in [3.8, 4) is 0 Å². The molecule has 1 rings (SSSR count). The molecule has 0 aliphatic carbocycles. The number of carbonyl (C=O) groups excluding carboxylic acids is 1. The molecule has 2 amide bonds. The summed E-state index contributed by atoms with van der Waals surface area (Å²) in [6, 6.07) is 3.76. The zero-order chi connectivity index (χ0) is 11.3. The van der Waals surface area contributed by atoms with E-state index in [1.807, 2.05) is 0 Å². The molecular formula is C7H5Cl2N5O. The molecule has 0 unspecified atom stereocenters. The van der Waals surface area contributed by atoms with Gasteiger partial charge in [-0.2, -0.15) is 5.53 Å². The first kappa shape index (κ1) is 11.5. The van der Waals surface area contributed by atoms with Crippen molar-refractivity contribution >= 4 is 34.9 Å². The Morgan fingerprint density at radius 1 is 1.27 bits per heavy atom. The molecule has 8 heteroatoms. The molecule has 0 atom stereocenters. The predicted octanol–water partition coefficient (Wildman–Crippen LogP) is 3.92. The van der Waals surface area contributed by atoms with Gasteiger partial charge in [0.25, 0.3) is 0 Å². The second kappa shape index (κ2) is 5.38. The van der Waals surface area contributed by atoms with Crippen LogP contribution < -0.4 is 5.32 Å². The normalized spacial score (nSPS) is 10.3. The maximum absolute atomic E-state index is 11.0. The van der Waals surface area contributed by atoms with E-state index in [1.165, 1.54) is 18.2 Å². The Labute approximate surface area is 94.8 Å². The fraction of sp³-hybridized carbons (Fsp3) is 0. The first-order chi connectivity index (χ1) is 7.11. The highest BCUT2D eigenvalue weighted by Gasteiger charge is 2.02. The third kappa shape index (κ3) is 4.01. The molecule has 2 N–H and O–H groups in total. The second-order valence-corrected chi connectivity index (χ2v) is 3.25. The average Bonchev–Trinajstić information content (AvgIpc) is 2.13. The van der Waals surface area contributed by atoms with Crippen molar-refractivity contribution in [1.29, 1.82) is 5.53 Å². The van der Waals surface area contributed by atoms with E-state index in [1.54, 1.807) is 0 Å². The van der Waals surface area contributed by atoms with E-state index in [-0.39, 0.29) is 0 Å². The highest BCUT2D eigenvalue weighted by atomic mass is 35.5. The van der Waals surface area contributed by atoms with E-state index in [4.69, 9.17) is 28.7 Å². The van der Waals surface area contributed by atoms with E-state index < -0.39 is 6.03 Å². The van der Waals surface area contributed by atoms with Gasteiger partial charge in [0.2, 0.25) is 0 Å². The van der Waals surface area contributed by atoms with Crippen molar-refractivity contribution in [1.82, 2.24) is 0 Å². The third-order valence-electron chi connectivity index (χ3n) is 1.29. The number of nitrogens with zero attached hydrogens (tertiary/aromatic N) is 3. The van der Waals surface area contributed by atoms with Crippen LogP contribution in [0.25, 0.3) is 0 Å². The topological polar surface area (TPSA) is 90.0 Å². The van der Waals surface area contributed by atoms with E-state index >= 15 is 0 Å². The largest absolute Gasteiger partial charge is 0.365 e. The molecule has 78 valence electrons. The van der Waals surface area contributed by atoms with Crippen LogP contribution in [-0.2, 0) is 0 Å². The predicted molar refractivity (Wildman–Crippen MR) is 55.5 cm³/mol. The highest BCUT2D eigenvalue weighted by Crippen LogP contribution is 2.22. The molecular weight excluding hydrogens is 241 g/mol. The Balaban J connectivity index is 2.76. The van der Waals surface area contributed by atoms with Gasteiger partial charge in [0, 0.05) is 15.7 Å². The minimum atomic E-state index is -0.760. The monoisotopic (exact) mass is 245 g/mol. The number of rotatable bonds is 2. The van der Waals surface area contributed by atoms with Gasteiger partial charge in [0.15, 0.2) is 0 Å². The summed E-state index contributed by atoms with van der Waals surface area (Å²) in [7, 11) is 0. The fourth-order valence-corrected chi connectivity index (χ4v) is 1.36. The quantitative estimate of drug-likeness (QED) is 0.600. The van der Waals surface area contributed by atoms with Crippen molar-refractivity contribution in [3.63, 3.8) is 0 Å². The number of benzene rings is 1.